The van der Waals surface area contributed by atoms with Gasteiger partial charge >= 0.3 is 0 Å². The molecule has 0 aliphatic carbocycles. The van der Waals surface area contributed by atoms with Crippen molar-refractivity contribution in [3.05, 3.63) is 221 Å². The summed E-state index contributed by atoms with van der Waals surface area (Å²) in [4.78, 5) is 5.05. The Labute approximate surface area is 421 Å². The predicted molar refractivity (Wildman–Crippen MR) is 305 cm³/mol. The number of hydrogen-bond acceptors (Lipinski definition) is 3. The van der Waals surface area contributed by atoms with Gasteiger partial charge in [-0.1, -0.05) is 132 Å². The van der Waals surface area contributed by atoms with Crippen LogP contribution < -0.4 is 47.3 Å². The molecule has 4 nitrogen and oxygen atoms in total. The second kappa shape index (κ2) is 15.0. The zero-order valence-electron chi connectivity index (χ0n) is 41.3. The summed E-state index contributed by atoms with van der Waals surface area (Å²) in [6.07, 6.45) is 0. The summed E-state index contributed by atoms with van der Waals surface area (Å²) >= 11 is 0. The molecule has 0 fully saturated rings. The number of para-hydroxylation sites is 5. The maximum Gasteiger partial charge on any atom is 0.256 e. The van der Waals surface area contributed by atoms with Crippen LogP contribution in [0.15, 0.2) is 188 Å². The molecule has 0 atom stereocenters. The molecule has 0 bridgehead atoms. The van der Waals surface area contributed by atoms with Crippen LogP contribution in [0.2, 0.25) is 0 Å². The van der Waals surface area contributed by atoms with Crippen LogP contribution in [0.3, 0.4) is 0 Å². The molecule has 0 radical (unpaired) electrons. The van der Waals surface area contributed by atoms with E-state index < -0.39 is 0 Å². The zero-order chi connectivity index (χ0) is 48.3. The Bertz CT molecular complexity index is 4130. The van der Waals surface area contributed by atoms with Crippen LogP contribution in [0.1, 0.15) is 33.4 Å². The lowest BCUT2D eigenvalue weighted by atomic mass is 9.30. The van der Waals surface area contributed by atoms with Crippen LogP contribution in [-0.2, 0) is 0 Å². The lowest BCUT2D eigenvalue weighted by Gasteiger charge is -2.45. The summed E-state index contributed by atoms with van der Waals surface area (Å²) in [5, 5.41) is 2.54. The van der Waals surface area contributed by atoms with Gasteiger partial charge < -0.3 is 19.1 Å². The third kappa shape index (κ3) is 5.66. The summed E-state index contributed by atoms with van der Waals surface area (Å²) in [5.41, 5.74) is 30.8. The van der Waals surface area contributed by atoms with Gasteiger partial charge in [0.05, 0.1) is 5.52 Å². The largest absolute Gasteiger partial charge is 0.458 e. The lowest BCUT2D eigenvalue weighted by Crippen LogP contribution is -2.64. The van der Waals surface area contributed by atoms with E-state index in [4.69, 9.17) is 4.74 Å². The van der Waals surface area contributed by atoms with Crippen LogP contribution in [-0.4, -0.2) is 18.0 Å². The van der Waals surface area contributed by atoms with Crippen molar-refractivity contribution in [1.29, 1.82) is 0 Å². The molecular weight excluding hydrogens is 872 g/mol. The normalized spacial score (nSPS) is 13.4. The average molecular weight is 922 g/mol. The van der Waals surface area contributed by atoms with E-state index in [1.54, 1.807) is 0 Å². The number of nitrogens with zero attached hydrogens (tertiary/aromatic N) is 3. The molecule has 0 N–H and O–H groups in total. The third-order valence-corrected chi connectivity index (χ3v) is 16.3. The van der Waals surface area contributed by atoms with Gasteiger partial charge in [0.15, 0.2) is 0 Å². The molecule has 15 rings (SSSR count). The molecule has 0 saturated heterocycles. The minimum atomic E-state index is -0.0700. The van der Waals surface area contributed by atoms with E-state index in [0.29, 0.717) is 0 Å². The molecule has 340 valence electrons. The van der Waals surface area contributed by atoms with Crippen LogP contribution >= 0.6 is 0 Å². The lowest BCUT2D eigenvalue weighted by molar-refractivity contribution is 0.487. The smallest absolute Gasteiger partial charge is 0.256 e. The quantitative estimate of drug-likeness (QED) is 0.164. The monoisotopic (exact) mass is 921 g/mol. The van der Waals surface area contributed by atoms with Crippen molar-refractivity contribution in [3.63, 3.8) is 0 Å². The van der Waals surface area contributed by atoms with Gasteiger partial charge in [-0.25, -0.2) is 0 Å². The van der Waals surface area contributed by atoms with Crippen molar-refractivity contribution < 1.29 is 4.74 Å². The van der Waals surface area contributed by atoms with Gasteiger partial charge in [-0.05, 0) is 179 Å². The number of ether oxygens (including phenoxy) is 1. The van der Waals surface area contributed by atoms with E-state index in [2.05, 4.69) is 244 Å². The van der Waals surface area contributed by atoms with Crippen LogP contribution in [0.4, 0.5) is 34.1 Å². The molecule has 10 aromatic carbocycles. The van der Waals surface area contributed by atoms with Gasteiger partial charge in [0.2, 0.25) is 0 Å². The Kier molecular flexibility index (Phi) is 8.62. The number of aromatic nitrogens is 1. The van der Waals surface area contributed by atoms with Gasteiger partial charge in [-0.15, -0.1) is 0 Å². The van der Waals surface area contributed by atoms with E-state index >= 15 is 0 Å². The Morgan fingerprint density at radius 3 is 1.56 bits per heavy atom. The third-order valence-electron chi connectivity index (χ3n) is 16.3. The second-order valence-electron chi connectivity index (χ2n) is 20.8. The number of rotatable bonds is 4. The molecular formula is C66H49B2N3O. The first kappa shape index (κ1) is 41.3. The second-order valence-corrected chi connectivity index (χ2v) is 20.8. The van der Waals surface area contributed by atoms with E-state index in [0.717, 1.165) is 28.6 Å². The molecule has 0 amide bonds. The molecule has 11 aromatic rings. The first-order valence-corrected chi connectivity index (χ1v) is 25.4. The maximum atomic E-state index is 7.57. The summed E-state index contributed by atoms with van der Waals surface area (Å²) in [6, 6.07) is 70.9. The minimum Gasteiger partial charge on any atom is -0.458 e. The molecule has 4 aliphatic rings. The molecule has 0 spiro atoms. The zero-order valence-corrected chi connectivity index (χ0v) is 41.3. The van der Waals surface area contributed by atoms with Gasteiger partial charge in [0.25, 0.3) is 13.4 Å². The van der Waals surface area contributed by atoms with Crippen molar-refractivity contribution in [3.8, 4) is 39.4 Å². The fourth-order valence-electron chi connectivity index (χ4n) is 13.9. The first-order valence-electron chi connectivity index (χ1n) is 25.4. The van der Waals surface area contributed by atoms with Crippen molar-refractivity contribution in [2.24, 2.45) is 0 Å². The Hall–Kier alpha value is -8.47. The number of fused-ring (bicyclic) bond motifs is 11. The first-order chi connectivity index (χ1) is 35.2. The maximum absolute atomic E-state index is 7.57. The predicted octanol–water partition coefficient (Wildman–Crippen LogP) is 13.0. The summed E-state index contributed by atoms with van der Waals surface area (Å²) in [5.74, 6) is 1.81. The van der Waals surface area contributed by atoms with Crippen molar-refractivity contribution >= 4 is 102 Å². The van der Waals surface area contributed by atoms with E-state index in [9.17, 15) is 0 Å². The summed E-state index contributed by atoms with van der Waals surface area (Å²) in [7, 11) is 0. The SMILES string of the molecule is Cc1cc(C)c(-c2cc3c4c(c2)N(c2ccccc2)c2cc5c(cc2B4c2ccccc2N3c2ccccc2)B2c3c(cc(-c4c(C)cc(C)cc4C)cc3-n3c4ccccc4c4cccc2c43)O5)c(C)c1. The van der Waals surface area contributed by atoms with Gasteiger partial charge in [0.1, 0.15) is 11.5 Å². The van der Waals surface area contributed by atoms with E-state index in [1.807, 2.05) is 0 Å². The molecule has 72 heavy (non-hydrogen) atoms. The molecule has 4 aliphatic heterocycles. The Morgan fingerprint density at radius 1 is 0.361 bits per heavy atom. The van der Waals surface area contributed by atoms with Crippen LogP contribution in [0, 0.1) is 41.5 Å². The molecule has 0 saturated carbocycles. The summed E-state index contributed by atoms with van der Waals surface area (Å²) < 4.78 is 10.1. The molecule has 1 aromatic heterocycles. The standard InChI is InChI=1S/C66H49B2N3O/c1-38-28-40(3)62(41(4)29-38)44-32-57-64-58(33-44)70(47-20-11-8-12-21-47)56-37-60-53(36-52(56)67(64)50-24-14-16-27-55(50)69(57)46-18-9-7-10-19-46)68-51-25-17-23-49-48-22-13-15-26-54(48)71(66(49)51)59-34-45(35-61(72-60)65(59)68)63-42(5)30-39(2)31-43(63)6/h7-37H,1-6H3. The number of aryl methyl sites for hydroxylation is 6. The van der Waals surface area contributed by atoms with Gasteiger partial charge in [0, 0.05) is 62.2 Å². The van der Waals surface area contributed by atoms with Crippen molar-refractivity contribution in [1.82, 2.24) is 4.57 Å². The van der Waals surface area contributed by atoms with Crippen LogP contribution in [0.25, 0.3) is 49.7 Å². The van der Waals surface area contributed by atoms with E-state index in [1.165, 1.54) is 133 Å². The number of benzene rings is 10. The highest BCUT2D eigenvalue weighted by Gasteiger charge is 2.47. The van der Waals surface area contributed by atoms with Gasteiger partial charge in [-0.2, -0.15) is 0 Å². The highest BCUT2D eigenvalue weighted by atomic mass is 16.5. The van der Waals surface area contributed by atoms with Crippen molar-refractivity contribution in [2.75, 3.05) is 9.80 Å². The van der Waals surface area contributed by atoms with Crippen LogP contribution in [0.5, 0.6) is 11.5 Å². The summed E-state index contributed by atoms with van der Waals surface area (Å²) in [6.45, 7) is 13.3. The van der Waals surface area contributed by atoms with E-state index in [-0.39, 0.29) is 13.4 Å². The highest BCUT2D eigenvalue weighted by Crippen LogP contribution is 2.48. The molecule has 0 unspecified atom stereocenters. The van der Waals surface area contributed by atoms with Crippen molar-refractivity contribution in [2.45, 2.75) is 41.5 Å². The highest BCUT2D eigenvalue weighted by molar-refractivity contribution is 7.02. The molecule has 6 heteroatoms. The number of hydrogen-bond donors (Lipinski definition) is 0. The Morgan fingerprint density at radius 2 is 0.889 bits per heavy atom. The molecule has 5 heterocycles. The topological polar surface area (TPSA) is 20.6 Å². The average Bonchev–Trinajstić information content (AvgIpc) is 3.72. The fraction of sp³-hybridized carbons (Fsp3) is 0.0909. The van der Waals surface area contributed by atoms with Gasteiger partial charge in [-0.3, -0.25) is 0 Å². The number of anilines is 6. The fourth-order valence-corrected chi connectivity index (χ4v) is 13.9. The minimum absolute atomic E-state index is 0.0674. The Balaban J connectivity index is 1.05.